The van der Waals surface area contributed by atoms with Crippen LogP contribution in [0, 0.1) is 0 Å². The molecule has 2 amide bonds. The summed E-state index contributed by atoms with van der Waals surface area (Å²) >= 11 is 0. The minimum atomic E-state index is -0.587. The highest BCUT2D eigenvalue weighted by Gasteiger charge is 2.35. The SMILES string of the molecule is COCC(C)NC(=O)CN1CCNC(C)(C)C1=O. The molecule has 0 aliphatic carbocycles. The Bertz CT molecular complexity index is 318. The third-order valence-corrected chi connectivity index (χ3v) is 2.93. The van der Waals surface area contributed by atoms with E-state index in [2.05, 4.69) is 10.6 Å². The van der Waals surface area contributed by atoms with E-state index in [0.29, 0.717) is 19.7 Å². The molecule has 0 spiro atoms. The lowest BCUT2D eigenvalue weighted by Gasteiger charge is -2.37. The van der Waals surface area contributed by atoms with Gasteiger partial charge < -0.3 is 20.3 Å². The summed E-state index contributed by atoms with van der Waals surface area (Å²) < 4.78 is 4.94. The van der Waals surface area contributed by atoms with Crippen molar-refractivity contribution in [2.75, 3.05) is 33.4 Å². The molecule has 18 heavy (non-hydrogen) atoms. The second kappa shape index (κ2) is 6.15. The second-order valence-corrected chi connectivity index (χ2v) is 5.20. The monoisotopic (exact) mass is 257 g/mol. The van der Waals surface area contributed by atoms with Crippen molar-refractivity contribution in [1.29, 1.82) is 0 Å². The molecule has 1 unspecified atom stereocenters. The van der Waals surface area contributed by atoms with Crippen LogP contribution >= 0.6 is 0 Å². The van der Waals surface area contributed by atoms with E-state index in [1.54, 1.807) is 12.0 Å². The van der Waals surface area contributed by atoms with Gasteiger partial charge >= 0.3 is 0 Å². The molecule has 1 saturated heterocycles. The fraction of sp³-hybridized carbons (Fsp3) is 0.833. The number of hydrogen-bond donors (Lipinski definition) is 2. The second-order valence-electron chi connectivity index (χ2n) is 5.20. The topological polar surface area (TPSA) is 70.7 Å². The Morgan fingerprint density at radius 3 is 2.89 bits per heavy atom. The van der Waals surface area contributed by atoms with Crippen molar-refractivity contribution < 1.29 is 14.3 Å². The third kappa shape index (κ3) is 3.96. The van der Waals surface area contributed by atoms with Crippen molar-refractivity contribution in [3.63, 3.8) is 0 Å². The minimum absolute atomic E-state index is 0.0386. The van der Waals surface area contributed by atoms with Gasteiger partial charge in [0.2, 0.25) is 11.8 Å². The summed E-state index contributed by atoms with van der Waals surface area (Å²) in [5.74, 6) is -0.186. The van der Waals surface area contributed by atoms with E-state index in [-0.39, 0.29) is 24.4 Å². The van der Waals surface area contributed by atoms with Crippen molar-refractivity contribution in [3.05, 3.63) is 0 Å². The number of rotatable bonds is 5. The molecule has 2 N–H and O–H groups in total. The van der Waals surface area contributed by atoms with Gasteiger partial charge in [0.25, 0.3) is 0 Å². The first-order valence-corrected chi connectivity index (χ1v) is 6.19. The van der Waals surface area contributed by atoms with E-state index in [1.165, 1.54) is 0 Å². The van der Waals surface area contributed by atoms with Crippen molar-refractivity contribution in [1.82, 2.24) is 15.5 Å². The standard InChI is InChI=1S/C12H23N3O3/c1-9(8-18-4)14-10(16)7-15-6-5-13-12(2,3)11(15)17/h9,13H,5-8H2,1-4H3,(H,14,16). The highest BCUT2D eigenvalue weighted by atomic mass is 16.5. The quantitative estimate of drug-likeness (QED) is 0.686. The van der Waals surface area contributed by atoms with Gasteiger partial charge in [0.1, 0.15) is 0 Å². The van der Waals surface area contributed by atoms with Gasteiger partial charge in [0, 0.05) is 26.2 Å². The maximum Gasteiger partial charge on any atom is 0.242 e. The number of carbonyl (C=O) groups excluding carboxylic acids is 2. The first-order chi connectivity index (χ1) is 8.36. The van der Waals surface area contributed by atoms with E-state index in [0.717, 1.165) is 0 Å². The summed E-state index contributed by atoms with van der Waals surface area (Å²) in [5, 5.41) is 5.93. The lowest BCUT2D eigenvalue weighted by molar-refractivity contribution is -0.143. The predicted molar refractivity (Wildman–Crippen MR) is 68.1 cm³/mol. The third-order valence-electron chi connectivity index (χ3n) is 2.93. The Morgan fingerprint density at radius 2 is 2.28 bits per heavy atom. The Labute approximate surface area is 108 Å². The van der Waals surface area contributed by atoms with Crippen LogP contribution in [0.15, 0.2) is 0 Å². The zero-order valence-corrected chi connectivity index (χ0v) is 11.6. The van der Waals surface area contributed by atoms with Crippen LogP contribution in [0.25, 0.3) is 0 Å². The van der Waals surface area contributed by atoms with Crippen molar-refractivity contribution in [2.45, 2.75) is 32.4 Å². The molecule has 104 valence electrons. The van der Waals surface area contributed by atoms with Gasteiger partial charge in [-0.25, -0.2) is 0 Å². The van der Waals surface area contributed by atoms with Gasteiger partial charge in [-0.05, 0) is 20.8 Å². The number of nitrogens with zero attached hydrogens (tertiary/aromatic N) is 1. The molecule has 0 aromatic rings. The van der Waals surface area contributed by atoms with E-state index in [4.69, 9.17) is 4.74 Å². The molecule has 0 aromatic carbocycles. The highest BCUT2D eigenvalue weighted by Crippen LogP contribution is 2.11. The zero-order chi connectivity index (χ0) is 13.8. The van der Waals surface area contributed by atoms with E-state index >= 15 is 0 Å². The summed E-state index contributed by atoms with van der Waals surface area (Å²) in [6.07, 6.45) is 0. The van der Waals surface area contributed by atoms with Crippen LogP contribution in [0.5, 0.6) is 0 Å². The van der Waals surface area contributed by atoms with Crippen LogP contribution < -0.4 is 10.6 Å². The largest absolute Gasteiger partial charge is 0.383 e. The number of methoxy groups -OCH3 is 1. The lowest BCUT2D eigenvalue weighted by Crippen LogP contribution is -2.62. The number of amides is 2. The highest BCUT2D eigenvalue weighted by molar-refractivity contribution is 5.90. The normalized spacial score (nSPS) is 20.7. The Kier molecular flexibility index (Phi) is 5.10. The first-order valence-electron chi connectivity index (χ1n) is 6.19. The molecule has 6 heteroatoms. The van der Waals surface area contributed by atoms with Crippen LogP contribution in [0.1, 0.15) is 20.8 Å². The molecule has 1 atom stereocenters. The van der Waals surface area contributed by atoms with Crippen molar-refractivity contribution in [3.8, 4) is 0 Å². The number of carbonyl (C=O) groups is 2. The van der Waals surface area contributed by atoms with Gasteiger partial charge in [0.15, 0.2) is 0 Å². The predicted octanol–water partition coefficient (Wildman–Crippen LogP) is -0.652. The van der Waals surface area contributed by atoms with E-state index < -0.39 is 5.54 Å². The number of nitrogens with one attached hydrogen (secondary N) is 2. The fourth-order valence-electron chi connectivity index (χ4n) is 2.01. The summed E-state index contributed by atoms with van der Waals surface area (Å²) in [5.41, 5.74) is -0.587. The van der Waals surface area contributed by atoms with E-state index in [1.807, 2.05) is 20.8 Å². The molecule has 1 aliphatic heterocycles. The van der Waals surface area contributed by atoms with Gasteiger partial charge in [-0.2, -0.15) is 0 Å². The van der Waals surface area contributed by atoms with Crippen LogP contribution in [0.3, 0.4) is 0 Å². The van der Waals surface area contributed by atoms with E-state index in [9.17, 15) is 9.59 Å². The molecule has 1 rings (SSSR count). The molecule has 1 aliphatic rings. The van der Waals surface area contributed by atoms with Crippen molar-refractivity contribution in [2.24, 2.45) is 0 Å². The van der Waals surface area contributed by atoms with Crippen LogP contribution in [0.2, 0.25) is 0 Å². The molecule has 0 radical (unpaired) electrons. The molecule has 0 aromatic heterocycles. The van der Waals surface area contributed by atoms with Gasteiger partial charge in [0.05, 0.1) is 18.7 Å². The Balaban J connectivity index is 2.46. The number of piperazine rings is 1. The summed E-state index contributed by atoms with van der Waals surface area (Å²) in [7, 11) is 1.59. The van der Waals surface area contributed by atoms with Crippen LogP contribution in [-0.4, -0.2) is 61.6 Å². The molecule has 0 saturated carbocycles. The van der Waals surface area contributed by atoms with Gasteiger partial charge in [-0.1, -0.05) is 0 Å². The Morgan fingerprint density at radius 1 is 1.61 bits per heavy atom. The van der Waals surface area contributed by atoms with Crippen LogP contribution in [-0.2, 0) is 14.3 Å². The molecular weight excluding hydrogens is 234 g/mol. The summed E-state index contributed by atoms with van der Waals surface area (Å²) in [6, 6.07) is -0.0477. The zero-order valence-electron chi connectivity index (χ0n) is 11.6. The maximum absolute atomic E-state index is 12.1. The molecule has 1 fully saturated rings. The first kappa shape index (κ1) is 14.9. The summed E-state index contributed by atoms with van der Waals surface area (Å²) in [6.45, 7) is 7.36. The smallest absolute Gasteiger partial charge is 0.242 e. The molecule has 1 heterocycles. The minimum Gasteiger partial charge on any atom is -0.383 e. The average molecular weight is 257 g/mol. The number of ether oxygens (including phenoxy) is 1. The van der Waals surface area contributed by atoms with Crippen LogP contribution in [0.4, 0.5) is 0 Å². The molecule has 0 bridgehead atoms. The molecule has 6 nitrogen and oxygen atoms in total. The fourth-order valence-corrected chi connectivity index (χ4v) is 2.01. The molecular formula is C12H23N3O3. The van der Waals surface area contributed by atoms with Gasteiger partial charge in [-0.15, -0.1) is 0 Å². The van der Waals surface area contributed by atoms with Gasteiger partial charge in [-0.3, -0.25) is 9.59 Å². The summed E-state index contributed by atoms with van der Waals surface area (Å²) in [4.78, 5) is 25.4. The lowest BCUT2D eigenvalue weighted by atomic mass is 10.0. The maximum atomic E-state index is 12.1. The number of hydrogen-bond acceptors (Lipinski definition) is 4. The van der Waals surface area contributed by atoms with Crippen molar-refractivity contribution >= 4 is 11.8 Å². The average Bonchev–Trinajstić information content (AvgIpc) is 2.25. The Hall–Kier alpha value is -1.14.